The Bertz CT molecular complexity index is 466. The molecule has 1 rings (SSSR count). The molecule has 0 aromatic carbocycles. The lowest BCUT2D eigenvalue weighted by Crippen LogP contribution is -2.31. The van der Waals surface area contributed by atoms with Gasteiger partial charge in [0.2, 0.25) is 0 Å². The molecule has 0 N–H and O–H groups in total. The molecule has 1 aromatic rings. The Labute approximate surface area is 109 Å². The standard InChI is InChI=1S/C15H23NO2/c1-5-6-7-10-16-13(15(2,3)4)9-8-12(11-17)14(16)18/h8-9,11H,5-7,10H2,1-4H3. The van der Waals surface area contributed by atoms with Gasteiger partial charge in [-0.3, -0.25) is 9.59 Å². The summed E-state index contributed by atoms with van der Waals surface area (Å²) >= 11 is 0. The maximum absolute atomic E-state index is 12.2. The van der Waals surface area contributed by atoms with E-state index in [9.17, 15) is 9.59 Å². The highest BCUT2D eigenvalue weighted by atomic mass is 16.1. The second-order valence-electron chi connectivity index (χ2n) is 5.71. The third-order valence-electron chi connectivity index (χ3n) is 3.08. The molecule has 0 amide bonds. The van der Waals surface area contributed by atoms with Gasteiger partial charge in [0.15, 0.2) is 6.29 Å². The van der Waals surface area contributed by atoms with Gasteiger partial charge in [0.1, 0.15) is 0 Å². The maximum atomic E-state index is 12.2. The predicted octanol–water partition coefficient (Wildman–Crippen LogP) is 3.15. The number of carbonyl (C=O) groups excluding carboxylic acids is 1. The number of rotatable bonds is 5. The van der Waals surface area contributed by atoms with Crippen molar-refractivity contribution in [1.29, 1.82) is 0 Å². The second kappa shape index (κ2) is 5.98. The Morgan fingerprint density at radius 1 is 1.22 bits per heavy atom. The fourth-order valence-electron chi connectivity index (χ4n) is 2.08. The van der Waals surface area contributed by atoms with Crippen LogP contribution in [0.25, 0.3) is 0 Å². The van der Waals surface area contributed by atoms with Crippen molar-refractivity contribution in [3.63, 3.8) is 0 Å². The molecule has 0 atom stereocenters. The maximum Gasteiger partial charge on any atom is 0.261 e. The summed E-state index contributed by atoms with van der Waals surface area (Å²) in [5.74, 6) is 0. The van der Waals surface area contributed by atoms with E-state index in [-0.39, 0.29) is 16.5 Å². The molecule has 0 unspecified atom stereocenters. The summed E-state index contributed by atoms with van der Waals surface area (Å²) in [6, 6.07) is 3.53. The fraction of sp³-hybridized carbons (Fsp3) is 0.600. The van der Waals surface area contributed by atoms with Crippen molar-refractivity contribution in [3.8, 4) is 0 Å². The lowest BCUT2D eigenvalue weighted by atomic mass is 9.90. The van der Waals surface area contributed by atoms with Gasteiger partial charge in [-0.25, -0.2) is 0 Å². The van der Waals surface area contributed by atoms with E-state index in [2.05, 4.69) is 27.7 Å². The average molecular weight is 249 g/mol. The van der Waals surface area contributed by atoms with Crippen LogP contribution in [0.15, 0.2) is 16.9 Å². The number of pyridine rings is 1. The number of hydrogen-bond acceptors (Lipinski definition) is 2. The van der Waals surface area contributed by atoms with Crippen LogP contribution in [0.5, 0.6) is 0 Å². The quantitative estimate of drug-likeness (QED) is 0.594. The summed E-state index contributed by atoms with van der Waals surface area (Å²) in [4.78, 5) is 23.1. The van der Waals surface area contributed by atoms with Crippen LogP contribution in [0.2, 0.25) is 0 Å². The van der Waals surface area contributed by atoms with Gasteiger partial charge in [-0.1, -0.05) is 40.5 Å². The minimum atomic E-state index is -0.159. The summed E-state index contributed by atoms with van der Waals surface area (Å²) in [6.07, 6.45) is 3.83. The second-order valence-corrected chi connectivity index (χ2v) is 5.71. The molecule has 0 aliphatic heterocycles. The lowest BCUT2D eigenvalue weighted by molar-refractivity contribution is 0.112. The molecule has 0 spiro atoms. The van der Waals surface area contributed by atoms with E-state index < -0.39 is 0 Å². The monoisotopic (exact) mass is 249 g/mol. The third-order valence-corrected chi connectivity index (χ3v) is 3.08. The van der Waals surface area contributed by atoms with E-state index in [1.54, 1.807) is 10.6 Å². The molecule has 0 aliphatic carbocycles. The van der Waals surface area contributed by atoms with Crippen LogP contribution < -0.4 is 5.56 Å². The van der Waals surface area contributed by atoms with Crippen LogP contribution in [0, 0.1) is 0 Å². The van der Waals surface area contributed by atoms with E-state index >= 15 is 0 Å². The average Bonchev–Trinajstić information content (AvgIpc) is 2.29. The molecule has 18 heavy (non-hydrogen) atoms. The van der Waals surface area contributed by atoms with Crippen LogP contribution in [0.3, 0.4) is 0 Å². The highest BCUT2D eigenvalue weighted by molar-refractivity contribution is 5.74. The number of hydrogen-bond donors (Lipinski definition) is 0. The first-order valence-electron chi connectivity index (χ1n) is 6.61. The highest BCUT2D eigenvalue weighted by Crippen LogP contribution is 2.21. The number of aromatic nitrogens is 1. The van der Waals surface area contributed by atoms with Gasteiger partial charge in [0.25, 0.3) is 5.56 Å². The smallest absolute Gasteiger partial charge is 0.261 e. The third kappa shape index (κ3) is 3.31. The summed E-state index contributed by atoms with van der Waals surface area (Å²) < 4.78 is 1.76. The van der Waals surface area contributed by atoms with Gasteiger partial charge < -0.3 is 4.57 Å². The van der Waals surface area contributed by atoms with Crippen molar-refractivity contribution in [2.45, 2.75) is 58.9 Å². The van der Waals surface area contributed by atoms with Crippen molar-refractivity contribution in [1.82, 2.24) is 4.57 Å². The van der Waals surface area contributed by atoms with Crippen LogP contribution in [0.1, 0.15) is 63.0 Å². The minimum Gasteiger partial charge on any atom is -0.312 e. The van der Waals surface area contributed by atoms with Crippen LogP contribution in [-0.4, -0.2) is 10.9 Å². The zero-order valence-corrected chi connectivity index (χ0v) is 11.8. The molecule has 0 aliphatic rings. The number of unbranched alkanes of at least 4 members (excludes halogenated alkanes) is 2. The van der Waals surface area contributed by atoms with Gasteiger partial charge in [-0.2, -0.15) is 0 Å². The molecule has 0 saturated carbocycles. The van der Waals surface area contributed by atoms with Crippen molar-refractivity contribution in [2.75, 3.05) is 0 Å². The first-order chi connectivity index (χ1) is 8.41. The van der Waals surface area contributed by atoms with Crippen LogP contribution in [-0.2, 0) is 12.0 Å². The predicted molar refractivity (Wildman–Crippen MR) is 74.3 cm³/mol. The van der Waals surface area contributed by atoms with Gasteiger partial charge in [0, 0.05) is 17.7 Å². The summed E-state index contributed by atoms with van der Waals surface area (Å²) in [7, 11) is 0. The molecular formula is C15H23NO2. The summed E-state index contributed by atoms with van der Waals surface area (Å²) in [5.41, 5.74) is 0.995. The number of aldehydes is 1. The van der Waals surface area contributed by atoms with Crippen molar-refractivity contribution < 1.29 is 4.79 Å². The van der Waals surface area contributed by atoms with Crippen LogP contribution in [0.4, 0.5) is 0 Å². The molecular weight excluding hydrogens is 226 g/mol. The number of carbonyl (C=O) groups is 1. The number of nitrogens with zero attached hydrogens (tertiary/aromatic N) is 1. The van der Waals surface area contributed by atoms with Gasteiger partial charge in [0.05, 0.1) is 5.56 Å². The Morgan fingerprint density at radius 3 is 2.39 bits per heavy atom. The minimum absolute atomic E-state index is 0.0905. The Morgan fingerprint density at radius 2 is 1.89 bits per heavy atom. The van der Waals surface area contributed by atoms with Crippen molar-refractivity contribution >= 4 is 6.29 Å². The summed E-state index contributed by atoms with van der Waals surface area (Å²) in [5, 5.41) is 0. The molecule has 0 saturated heterocycles. The Balaban J connectivity index is 3.23. The van der Waals surface area contributed by atoms with Crippen LogP contribution >= 0.6 is 0 Å². The molecule has 1 aromatic heterocycles. The van der Waals surface area contributed by atoms with Gasteiger partial charge >= 0.3 is 0 Å². The summed E-state index contributed by atoms with van der Waals surface area (Å²) in [6.45, 7) is 9.08. The fourth-order valence-corrected chi connectivity index (χ4v) is 2.08. The van der Waals surface area contributed by atoms with Crippen molar-refractivity contribution in [3.05, 3.63) is 33.7 Å². The Hall–Kier alpha value is -1.38. The molecule has 1 heterocycles. The van der Waals surface area contributed by atoms with E-state index in [1.807, 2.05) is 6.07 Å². The first kappa shape index (κ1) is 14.7. The first-order valence-corrected chi connectivity index (χ1v) is 6.61. The van der Waals surface area contributed by atoms with Gasteiger partial charge in [-0.15, -0.1) is 0 Å². The zero-order valence-electron chi connectivity index (χ0n) is 11.8. The van der Waals surface area contributed by atoms with E-state index in [0.717, 1.165) is 25.0 Å². The van der Waals surface area contributed by atoms with E-state index in [0.29, 0.717) is 12.8 Å². The van der Waals surface area contributed by atoms with E-state index in [1.165, 1.54) is 0 Å². The normalized spacial score (nSPS) is 11.6. The molecule has 100 valence electrons. The van der Waals surface area contributed by atoms with E-state index in [4.69, 9.17) is 0 Å². The SMILES string of the molecule is CCCCCn1c(C(C)(C)C)ccc(C=O)c1=O. The molecule has 0 fully saturated rings. The molecule has 3 nitrogen and oxygen atoms in total. The topological polar surface area (TPSA) is 39.1 Å². The largest absolute Gasteiger partial charge is 0.312 e. The molecule has 0 bridgehead atoms. The Kier molecular flexibility index (Phi) is 4.88. The highest BCUT2D eigenvalue weighted by Gasteiger charge is 2.19. The lowest BCUT2D eigenvalue weighted by Gasteiger charge is -2.24. The molecule has 3 heteroatoms. The van der Waals surface area contributed by atoms with Gasteiger partial charge in [-0.05, 0) is 18.6 Å². The zero-order chi connectivity index (χ0) is 13.8. The molecule has 0 radical (unpaired) electrons. The van der Waals surface area contributed by atoms with Crippen molar-refractivity contribution in [2.24, 2.45) is 0 Å².